The third-order valence-corrected chi connectivity index (χ3v) is 5.06. The maximum absolute atomic E-state index is 3.45. The highest BCUT2D eigenvalue weighted by Gasteiger charge is 2.17. The summed E-state index contributed by atoms with van der Waals surface area (Å²) in [5.74, 6) is 0.790. The number of nitrogens with one attached hydrogen (secondary N) is 1. The number of aryl methyl sites for hydroxylation is 1. The number of fused-ring (bicyclic) bond motifs is 1. The summed E-state index contributed by atoms with van der Waals surface area (Å²) < 4.78 is 1.47. The van der Waals surface area contributed by atoms with Crippen molar-refractivity contribution in [1.29, 1.82) is 0 Å². The molecule has 1 aliphatic heterocycles. The largest absolute Gasteiger partial charge is 0.317 e. The second-order valence-electron chi connectivity index (χ2n) is 4.86. The molecule has 1 aromatic carbocycles. The molecule has 2 heteroatoms. The summed E-state index contributed by atoms with van der Waals surface area (Å²) in [4.78, 5) is 1.60. The van der Waals surface area contributed by atoms with Crippen LogP contribution in [0.15, 0.2) is 24.3 Å². The molecule has 0 saturated carbocycles. The summed E-state index contributed by atoms with van der Waals surface area (Å²) >= 11 is 2.01. The van der Waals surface area contributed by atoms with Gasteiger partial charge in [-0.3, -0.25) is 0 Å². The average Bonchev–Trinajstić information content (AvgIpc) is 2.83. The number of rotatable bonds is 2. The molecule has 0 aliphatic carbocycles. The molecule has 1 saturated heterocycles. The lowest BCUT2D eigenvalue weighted by Crippen LogP contribution is -2.26. The third-order valence-electron chi connectivity index (χ3n) is 3.79. The molecule has 2 heterocycles. The number of piperidine rings is 1. The molecule has 0 unspecified atom stereocenters. The summed E-state index contributed by atoms with van der Waals surface area (Å²) in [5.41, 5.74) is 1.50. The molecule has 17 heavy (non-hydrogen) atoms. The van der Waals surface area contributed by atoms with E-state index in [0.29, 0.717) is 0 Å². The van der Waals surface area contributed by atoms with Crippen LogP contribution in [0.2, 0.25) is 0 Å². The van der Waals surface area contributed by atoms with Crippen LogP contribution in [0.25, 0.3) is 10.1 Å². The zero-order valence-electron chi connectivity index (χ0n) is 10.3. The molecule has 1 aliphatic rings. The van der Waals surface area contributed by atoms with Crippen LogP contribution < -0.4 is 5.32 Å². The smallest absolute Gasteiger partial charge is 0.0348 e. The van der Waals surface area contributed by atoms with Gasteiger partial charge in [-0.2, -0.15) is 0 Å². The molecule has 0 spiro atoms. The van der Waals surface area contributed by atoms with E-state index in [9.17, 15) is 0 Å². The van der Waals surface area contributed by atoms with Crippen molar-refractivity contribution in [2.45, 2.75) is 32.1 Å². The summed E-state index contributed by atoms with van der Waals surface area (Å²) in [6, 6.07) is 9.18. The minimum atomic E-state index is 0.790. The first-order valence-electron chi connectivity index (χ1n) is 6.60. The van der Waals surface area contributed by atoms with Gasteiger partial charge >= 0.3 is 0 Å². The Morgan fingerprint density at radius 1 is 1.29 bits per heavy atom. The highest BCUT2D eigenvalue weighted by molar-refractivity contribution is 7.19. The molecule has 0 atom stereocenters. The standard InChI is InChI=1S/C15H19NS/c1-2-11-4-3-5-14-13(11)10-15(17-14)12-6-8-16-9-7-12/h3-5,10,12,16H,2,6-9H2,1H3. The van der Waals surface area contributed by atoms with Crippen LogP contribution in [0, 0.1) is 0 Å². The molecule has 0 radical (unpaired) electrons. The topological polar surface area (TPSA) is 12.0 Å². The number of hydrogen-bond donors (Lipinski definition) is 1. The van der Waals surface area contributed by atoms with Crippen LogP contribution in [0.5, 0.6) is 0 Å². The van der Waals surface area contributed by atoms with Crippen molar-refractivity contribution < 1.29 is 0 Å². The van der Waals surface area contributed by atoms with E-state index in [4.69, 9.17) is 0 Å². The van der Waals surface area contributed by atoms with E-state index < -0.39 is 0 Å². The van der Waals surface area contributed by atoms with Crippen LogP contribution >= 0.6 is 11.3 Å². The van der Waals surface area contributed by atoms with E-state index in [1.807, 2.05) is 11.3 Å². The molecule has 0 bridgehead atoms. The van der Waals surface area contributed by atoms with Crippen LogP contribution in [0.1, 0.15) is 36.1 Å². The normalized spacial score (nSPS) is 17.7. The molecule has 1 nitrogen and oxygen atoms in total. The van der Waals surface area contributed by atoms with Crippen molar-refractivity contribution in [2.75, 3.05) is 13.1 Å². The van der Waals surface area contributed by atoms with Crippen molar-refractivity contribution in [2.24, 2.45) is 0 Å². The van der Waals surface area contributed by atoms with Gasteiger partial charge in [0.25, 0.3) is 0 Å². The van der Waals surface area contributed by atoms with E-state index >= 15 is 0 Å². The van der Waals surface area contributed by atoms with Crippen molar-refractivity contribution in [1.82, 2.24) is 5.32 Å². The van der Waals surface area contributed by atoms with Gasteiger partial charge in [-0.25, -0.2) is 0 Å². The zero-order chi connectivity index (χ0) is 11.7. The first-order valence-corrected chi connectivity index (χ1v) is 7.42. The van der Waals surface area contributed by atoms with E-state index in [1.165, 1.54) is 41.6 Å². The molecular formula is C15H19NS. The van der Waals surface area contributed by atoms with Gasteiger partial charge in [0.05, 0.1) is 0 Å². The minimum Gasteiger partial charge on any atom is -0.317 e. The van der Waals surface area contributed by atoms with Crippen molar-refractivity contribution in [3.05, 3.63) is 34.7 Å². The van der Waals surface area contributed by atoms with E-state index in [0.717, 1.165) is 12.3 Å². The van der Waals surface area contributed by atoms with Gasteiger partial charge in [-0.1, -0.05) is 19.1 Å². The zero-order valence-corrected chi connectivity index (χ0v) is 11.1. The van der Waals surface area contributed by atoms with Gasteiger partial charge in [0.1, 0.15) is 0 Å². The monoisotopic (exact) mass is 245 g/mol. The summed E-state index contributed by atoms with van der Waals surface area (Å²) in [5, 5.41) is 4.94. The maximum atomic E-state index is 3.45. The Labute approximate surface area is 107 Å². The van der Waals surface area contributed by atoms with Crippen LogP contribution in [0.3, 0.4) is 0 Å². The summed E-state index contributed by atoms with van der Waals surface area (Å²) in [6.45, 7) is 4.61. The minimum absolute atomic E-state index is 0.790. The first-order chi connectivity index (χ1) is 8.38. The van der Waals surface area contributed by atoms with Crippen molar-refractivity contribution in [3.63, 3.8) is 0 Å². The molecule has 1 N–H and O–H groups in total. The highest BCUT2D eigenvalue weighted by atomic mass is 32.1. The van der Waals surface area contributed by atoms with Crippen molar-refractivity contribution >= 4 is 21.4 Å². The average molecular weight is 245 g/mol. The second-order valence-corrected chi connectivity index (χ2v) is 5.97. The van der Waals surface area contributed by atoms with Gasteiger partial charge in [0.15, 0.2) is 0 Å². The van der Waals surface area contributed by atoms with Crippen LogP contribution in [-0.4, -0.2) is 13.1 Å². The lowest BCUT2D eigenvalue weighted by Gasteiger charge is -2.21. The Kier molecular flexibility index (Phi) is 3.17. The summed E-state index contributed by atoms with van der Waals surface area (Å²) in [7, 11) is 0. The summed E-state index contributed by atoms with van der Waals surface area (Å²) in [6.07, 6.45) is 3.74. The Bertz CT molecular complexity index is 509. The van der Waals surface area contributed by atoms with Gasteiger partial charge in [0.2, 0.25) is 0 Å². The van der Waals surface area contributed by atoms with E-state index in [1.54, 1.807) is 4.88 Å². The quantitative estimate of drug-likeness (QED) is 0.845. The molecular weight excluding hydrogens is 226 g/mol. The Morgan fingerprint density at radius 3 is 2.88 bits per heavy atom. The van der Waals surface area contributed by atoms with Gasteiger partial charge in [-0.05, 0) is 61.4 Å². The highest BCUT2D eigenvalue weighted by Crippen LogP contribution is 2.36. The fraction of sp³-hybridized carbons (Fsp3) is 0.467. The van der Waals surface area contributed by atoms with Crippen LogP contribution in [0.4, 0.5) is 0 Å². The first kappa shape index (κ1) is 11.2. The number of hydrogen-bond acceptors (Lipinski definition) is 2. The number of benzene rings is 1. The molecule has 2 aromatic rings. The second kappa shape index (κ2) is 4.79. The maximum Gasteiger partial charge on any atom is 0.0348 e. The van der Waals surface area contributed by atoms with E-state index in [-0.39, 0.29) is 0 Å². The molecule has 3 rings (SSSR count). The molecule has 1 aromatic heterocycles. The molecule has 1 fully saturated rings. The van der Waals surface area contributed by atoms with Crippen LogP contribution in [-0.2, 0) is 6.42 Å². The lowest BCUT2D eigenvalue weighted by atomic mass is 9.95. The molecule has 0 amide bonds. The van der Waals surface area contributed by atoms with Gasteiger partial charge in [0, 0.05) is 9.58 Å². The molecule has 90 valence electrons. The third kappa shape index (κ3) is 2.12. The number of thiophene rings is 1. The fourth-order valence-corrected chi connectivity index (χ4v) is 4.04. The Balaban J connectivity index is 2.00. The Morgan fingerprint density at radius 2 is 2.12 bits per heavy atom. The predicted molar refractivity (Wildman–Crippen MR) is 76.0 cm³/mol. The lowest BCUT2D eigenvalue weighted by molar-refractivity contribution is 0.465. The van der Waals surface area contributed by atoms with Gasteiger partial charge in [-0.15, -0.1) is 11.3 Å². The SMILES string of the molecule is CCc1cccc2sc(C3CCNCC3)cc12. The predicted octanol–water partition coefficient (Wildman–Crippen LogP) is 3.93. The fourth-order valence-electron chi connectivity index (χ4n) is 2.76. The van der Waals surface area contributed by atoms with Crippen molar-refractivity contribution in [3.8, 4) is 0 Å². The van der Waals surface area contributed by atoms with Gasteiger partial charge < -0.3 is 5.32 Å². The van der Waals surface area contributed by atoms with E-state index in [2.05, 4.69) is 36.5 Å². The Hall–Kier alpha value is -0.860.